The van der Waals surface area contributed by atoms with Crippen molar-refractivity contribution < 1.29 is 5.11 Å². The summed E-state index contributed by atoms with van der Waals surface area (Å²) in [5.41, 5.74) is 7.27. The number of aliphatic hydroxyl groups excluding tert-OH is 1. The minimum atomic E-state index is 0.0176. The van der Waals surface area contributed by atoms with Crippen LogP contribution in [0, 0.1) is 0 Å². The molecule has 0 atom stereocenters. The molecule has 0 aliphatic rings. The number of halogens is 1. The number of benzene rings is 1. The highest BCUT2D eigenvalue weighted by atomic mass is 35.5. The first kappa shape index (κ1) is 9.77. The summed E-state index contributed by atoms with van der Waals surface area (Å²) >= 11 is 7.36. The van der Waals surface area contributed by atoms with Crippen LogP contribution < -0.4 is 5.73 Å². The lowest BCUT2D eigenvalue weighted by atomic mass is 10.1. The van der Waals surface area contributed by atoms with Crippen molar-refractivity contribution >= 4 is 38.7 Å². The Morgan fingerprint density at radius 2 is 2.14 bits per heavy atom. The number of hydrogen-bond acceptors (Lipinski definition) is 3. The van der Waals surface area contributed by atoms with Crippen molar-refractivity contribution in [2.75, 3.05) is 5.73 Å². The molecule has 1 aromatic carbocycles. The molecule has 74 valence electrons. The van der Waals surface area contributed by atoms with Crippen LogP contribution in [0.4, 0.5) is 5.69 Å². The largest absolute Gasteiger partial charge is 0.399 e. The molecule has 1 aromatic heterocycles. The molecule has 0 aliphatic carbocycles. The number of aliphatic hydroxyl groups is 1. The summed E-state index contributed by atoms with van der Waals surface area (Å²) in [6.45, 7) is 0.0176. The summed E-state index contributed by atoms with van der Waals surface area (Å²) in [5.74, 6) is 0.504. The Balaban J connectivity index is 2.71. The van der Waals surface area contributed by atoms with Gasteiger partial charge in [-0.1, -0.05) is 0 Å². The van der Waals surface area contributed by atoms with Crippen molar-refractivity contribution in [3.8, 4) is 0 Å². The first-order valence-electron chi connectivity index (χ1n) is 4.22. The second-order valence-electron chi connectivity index (χ2n) is 3.10. The van der Waals surface area contributed by atoms with Crippen LogP contribution in [0.25, 0.3) is 10.1 Å². The van der Waals surface area contributed by atoms with Gasteiger partial charge in [-0.3, -0.25) is 0 Å². The van der Waals surface area contributed by atoms with E-state index in [9.17, 15) is 0 Å². The van der Waals surface area contributed by atoms with Crippen LogP contribution in [0.1, 0.15) is 10.4 Å². The Labute approximate surface area is 90.9 Å². The summed E-state index contributed by atoms with van der Waals surface area (Å²) in [5, 5.41) is 10.2. The number of anilines is 1. The van der Waals surface area contributed by atoms with E-state index in [-0.39, 0.29) is 6.61 Å². The van der Waals surface area contributed by atoms with Crippen LogP contribution in [-0.4, -0.2) is 5.11 Å². The number of nitrogen functional groups attached to an aromatic ring is 1. The first-order valence-corrected chi connectivity index (χ1v) is 5.57. The van der Waals surface area contributed by atoms with E-state index >= 15 is 0 Å². The Morgan fingerprint density at radius 3 is 2.79 bits per heavy atom. The van der Waals surface area contributed by atoms with E-state index in [1.165, 1.54) is 0 Å². The van der Waals surface area contributed by atoms with Crippen molar-refractivity contribution in [3.05, 3.63) is 28.6 Å². The van der Waals surface area contributed by atoms with Crippen LogP contribution >= 0.6 is 22.9 Å². The van der Waals surface area contributed by atoms with Crippen LogP contribution in [-0.2, 0) is 12.5 Å². The molecule has 2 nitrogen and oxygen atoms in total. The van der Waals surface area contributed by atoms with Crippen LogP contribution in [0.5, 0.6) is 0 Å². The molecule has 14 heavy (non-hydrogen) atoms. The van der Waals surface area contributed by atoms with Crippen LogP contribution in [0.3, 0.4) is 0 Å². The fraction of sp³-hybridized carbons (Fsp3) is 0.200. The molecular formula is C10H10ClNOS. The van der Waals surface area contributed by atoms with Gasteiger partial charge >= 0.3 is 0 Å². The highest BCUT2D eigenvalue weighted by molar-refractivity contribution is 7.19. The van der Waals surface area contributed by atoms with E-state index in [0.29, 0.717) is 11.6 Å². The minimum absolute atomic E-state index is 0.0176. The van der Waals surface area contributed by atoms with Gasteiger partial charge in [0.05, 0.1) is 12.5 Å². The zero-order valence-electron chi connectivity index (χ0n) is 7.46. The standard InChI is InChI=1S/C10H10ClNOS/c11-4-9-3-6-1-8(12)2-7(5-13)10(6)14-9/h1-3,13H,4-5,12H2. The van der Waals surface area contributed by atoms with Crippen molar-refractivity contribution in [1.82, 2.24) is 0 Å². The molecule has 0 spiro atoms. The summed E-state index contributed by atoms with van der Waals surface area (Å²) in [6.07, 6.45) is 0. The highest BCUT2D eigenvalue weighted by Gasteiger charge is 2.06. The fourth-order valence-corrected chi connectivity index (χ4v) is 2.72. The predicted molar refractivity (Wildman–Crippen MR) is 61.7 cm³/mol. The third kappa shape index (κ3) is 1.59. The molecule has 4 heteroatoms. The molecule has 0 saturated heterocycles. The van der Waals surface area contributed by atoms with E-state index in [2.05, 4.69) is 0 Å². The molecule has 2 aromatic rings. The van der Waals surface area contributed by atoms with Gasteiger partial charge in [-0.25, -0.2) is 0 Å². The number of nitrogens with two attached hydrogens (primary N) is 1. The van der Waals surface area contributed by atoms with Gasteiger partial charge in [-0.15, -0.1) is 22.9 Å². The lowest BCUT2D eigenvalue weighted by Crippen LogP contribution is -1.88. The predicted octanol–water partition coefficient (Wildman–Crippen LogP) is 2.71. The molecule has 0 unspecified atom stereocenters. The zero-order chi connectivity index (χ0) is 10.1. The van der Waals surface area contributed by atoms with E-state index in [0.717, 1.165) is 20.5 Å². The fourth-order valence-electron chi connectivity index (χ4n) is 1.49. The summed E-state index contributed by atoms with van der Waals surface area (Å²) in [4.78, 5) is 1.10. The van der Waals surface area contributed by atoms with Crippen molar-refractivity contribution in [2.24, 2.45) is 0 Å². The van der Waals surface area contributed by atoms with E-state index in [1.807, 2.05) is 12.1 Å². The van der Waals surface area contributed by atoms with Gasteiger partial charge in [0.1, 0.15) is 0 Å². The maximum absolute atomic E-state index is 9.16. The Kier molecular flexibility index (Phi) is 2.63. The monoisotopic (exact) mass is 227 g/mol. The third-order valence-corrected chi connectivity index (χ3v) is 3.74. The lowest BCUT2D eigenvalue weighted by molar-refractivity contribution is 0.283. The summed E-state index contributed by atoms with van der Waals surface area (Å²) in [6, 6.07) is 5.72. The Hall–Kier alpha value is -0.770. The number of thiophene rings is 1. The Bertz CT molecular complexity index is 466. The van der Waals surface area contributed by atoms with Gasteiger partial charge in [-0.05, 0) is 29.1 Å². The van der Waals surface area contributed by atoms with Gasteiger partial charge in [0, 0.05) is 15.3 Å². The lowest BCUT2D eigenvalue weighted by Gasteiger charge is -2.00. The van der Waals surface area contributed by atoms with E-state index in [4.69, 9.17) is 22.4 Å². The van der Waals surface area contributed by atoms with Crippen LogP contribution in [0.15, 0.2) is 18.2 Å². The molecule has 0 fully saturated rings. The average molecular weight is 228 g/mol. The van der Waals surface area contributed by atoms with Crippen molar-refractivity contribution in [1.29, 1.82) is 0 Å². The molecule has 0 saturated carbocycles. The van der Waals surface area contributed by atoms with Crippen molar-refractivity contribution in [3.63, 3.8) is 0 Å². The van der Waals surface area contributed by atoms with Gasteiger partial charge in [0.2, 0.25) is 0 Å². The normalized spacial score (nSPS) is 11.0. The molecule has 0 bridgehead atoms. The molecule has 0 amide bonds. The van der Waals surface area contributed by atoms with Gasteiger partial charge in [0.25, 0.3) is 0 Å². The molecule has 2 rings (SSSR count). The smallest absolute Gasteiger partial charge is 0.0696 e. The van der Waals surface area contributed by atoms with E-state index in [1.54, 1.807) is 17.4 Å². The SMILES string of the molecule is Nc1cc(CO)c2sc(CCl)cc2c1. The number of hydrogen-bond donors (Lipinski definition) is 2. The van der Waals surface area contributed by atoms with Gasteiger partial charge in [0.15, 0.2) is 0 Å². The number of alkyl halides is 1. The maximum atomic E-state index is 9.16. The average Bonchev–Trinajstić information content (AvgIpc) is 2.59. The third-order valence-electron chi connectivity index (χ3n) is 2.07. The zero-order valence-corrected chi connectivity index (χ0v) is 9.03. The van der Waals surface area contributed by atoms with Gasteiger partial charge in [-0.2, -0.15) is 0 Å². The topological polar surface area (TPSA) is 46.2 Å². The molecular weight excluding hydrogens is 218 g/mol. The molecule has 3 N–H and O–H groups in total. The number of rotatable bonds is 2. The van der Waals surface area contributed by atoms with Crippen molar-refractivity contribution in [2.45, 2.75) is 12.5 Å². The summed E-state index contributed by atoms with van der Waals surface area (Å²) in [7, 11) is 0. The molecule has 0 radical (unpaired) electrons. The first-order chi connectivity index (χ1) is 6.74. The van der Waals surface area contributed by atoms with Crippen LogP contribution in [0.2, 0.25) is 0 Å². The van der Waals surface area contributed by atoms with E-state index < -0.39 is 0 Å². The Morgan fingerprint density at radius 1 is 1.36 bits per heavy atom. The minimum Gasteiger partial charge on any atom is -0.399 e. The van der Waals surface area contributed by atoms with Gasteiger partial charge < -0.3 is 10.8 Å². The molecule has 0 aliphatic heterocycles. The number of fused-ring (bicyclic) bond motifs is 1. The second-order valence-corrected chi connectivity index (χ2v) is 4.51. The molecule has 1 heterocycles. The highest BCUT2D eigenvalue weighted by Crippen LogP contribution is 2.31. The maximum Gasteiger partial charge on any atom is 0.0696 e. The summed E-state index contributed by atoms with van der Waals surface area (Å²) < 4.78 is 1.08. The quantitative estimate of drug-likeness (QED) is 0.612. The second kappa shape index (κ2) is 3.77.